The van der Waals surface area contributed by atoms with Gasteiger partial charge in [0, 0.05) is 25.7 Å². The van der Waals surface area contributed by atoms with Gasteiger partial charge in [0.1, 0.15) is 6.61 Å². The number of ether oxygens (including phenoxy) is 1. The van der Waals surface area contributed by atoms with Crippen LogP contribution in [0.15, 0.2) is 0 Å². The number of carbonyl (C=O) groups excluding carboxylic acids is 2. The number of cyclic esters (lactones) is 1. The number of piperidine rings is 1. The molecule has 2 heterocycles. The van der Waals surface area contributed by atoms with E-state index in [9.17, 15) is 9.59 Å². The summed E-state index contributed by atoms with van der Waals surface area (Å²) in [6.07, 6.45) is 2.43. The van der Waals surface area contributed by atoms with E-state index in [1.54, 1.807) is 4.90 Å². The van der Waals surface area contributed by atoms with Gasteiger partial charge in [0.2, 0.25) is 0 Å². The Balaban J connectivity index is 1.77. The van der Waals surface area contributed by atoms with Gasteiger partial charge in [-0.3, -0.25) is 0 Å². The van der Waals surface area contributed by atoms with E-state index >= 15 is 0 Å². The van der Waals surface area contributed by atoms with Crippen LogP contribution in [0.4, 0.5) is 9.59 Å². The average Bonchev–Trinajstić information content (AvgIpc) is 2.82. The molecular formula is C12H21N3O3. The van der Waals surface area contributed by atoms with Crippen LogP contribution in [0.2, 0.25) is 0 Å². The zero-order valence-electron chi connectivity index (χ0n) is 10.9. The third kappa shape index (κ3) is 2.86. The molecule has 1 N–H and O–H groups in total. The van der Waals surface area contributed by atoms with E-state index in [1.807, 2.05) is 11.8 Å². The summed E-state index contributed by atoms with van der Waals surface area (Å²) in [5, 5.41) is 2.88. The van der Waals surface area contributed by atoms with Crippen LogP contribution in [0.25, 0.3) is 0 Å². The zero-order valence-corrected chi connectivity index (χ0v) is 10.9. The van der Waals surface area contributed by atoms with Gasteiger partial charge in [0.05, 0.1) is 6.54 Å². The molecule has 102 valence electrons. The fourth-order valence-corrected chi connectivity index (χ4v) is 2.46. The van der Waals surface area contributed by atoms with Crippen LogP contribution in [-0.2, 0) is 4.74 Å². The molecule has 2 saturated heterocycles. The summed E-state index contributed by atoms with van der Waals surface area (Å²) < 4.78 is 4.94. The summed E-state index contributed by atoms with van der Waals surface area (Å²) in [5.74, 6) is 0. The maximum absolute atomic E-state index is 11.8. The molecule has 0 aromatic carbocycles. The van der Waals surface area contributed by atoms with Gasteiger partial charge < -0.3 is 19.9 Å². The lowest BCUT2D eigenvalue weighted by molar-refractivity contribution is 0.123. The van der Waals surface area contributed by atoms with Crippen LogP contribution in [-0.4, -0.2) is 60.8 Å². The Morgan fingerprint density at radius 3 is 2.67 bits per heavy atom. The average molecular weight is 255 g/mol. The second kappa shape index (κ2) is 5.93. The Morgan fingerprint density at radius 1 is 1.39 bits per heavy atom. The molecule has 0 aliphatic carbocycles. The molecule has 6 heteroatoms. The second-order valence-corrected chi connectivity index (χ2v) is 4.76. The first kappa shape index (κ1) is 13.0. The number of urea groups is 1. The zero-order chi connectivity index (χ0) is 13.0. The van der Waals surface area contributed by atoms with Crippen molar-refractivity contribution in [3.63, 3.8) is 0 Å². The summed E-state index contributed by atoms with van der Waals surface area (Å²) >= 11 is 0. The standard InChI is InChI=1S/C12H21N3O3/c1-2-5-13-11(16)14-6-3-10(4-7-14)15-8-9-18-12(15)17/h10H,2-9H2,1H3,(H,13,16). The summed E-state index contributed by atoms with van der Waals surface area (Å²) in [7, 11) is 0. The molecule has 2 rings (SSSR count). The minimum absolute atomic E-state index is 0.0132. The van der Waals surface area contributed by atoms with E-state index in [4.69, 9.17) is 4.74 Å². The Labute approximate surface area is 107 Å². The fourth-order valence-electron chi connectivity index (χ4n) is 2.46. The minimum atomic E-state index is -0.205. The van der Waals surface area contributed by atoms with Gasteiger partial charge in [0.25, 0.3) is 0 Å². The molecular weight excluding hydrogens is 234 g/mol. The molecule has 2 aliphatic heterocycles. The molecule has 18 heavy (non-hydrogen) atoms. The van der Waals surface area contributed by atoms with Gasteiger partial charge >= 0.3 is 12.1 Å². The highest BCUT2D eigenvalue weighted by atomic mass is 16.6. The third-order valence-electron chi connectivity index (χ3n) is 3.51. The molecule has 0 spiro atoms. The first-order chi connectivity index (χ1) is 8.72. The van der Waals surface area contributed by atoms with Crippen molar-refractivity contribution in [1.82, 2.24) is 15.1 Å². The molecule has 0 radical (unpaired) electrons. The molecule has 0 aromatic heterocycles. The highest BCUT2D eigenvalue weighted by Gasteiger charge is 2.33. The Morgan fingerprint density at radius 2 is 2.11 bits per heavy atom. The summed E-state index contributed by atoms with van der Waals surface area (Å²) in [5.41, 5.74) is 0. The molecule has 0 saturated carbocycles. The maximum Gasteiger partial charge on any atom is 0.410 e. The molecule has 2 aliphatic rings. The molecule has 2 fully saturated rings. The minimum Gasteiger partial charge on any atom is -0.448 e. The molecule has 6 nitrogen and oxygen atoms in total. The quantitative estimate of drug-likeness (QED) is 0.819. The number of hydrogen-bond acceptors (Lipinski definition) is 3. The van der Waals surface area contributed by atoms with Crippen molar-refractivity contribution in [2.45, 2.75) is 32.2 Å². The van der Waals surface area contributed by atoms with Gasteiger partial charge in [-0.15, -0.1) is 0 Å². The van der Waals surface area contributed by atoms with Crippen LogP contribution < -0.4 is 5.32 Å². The van der Waals surface area contributed by atoms with Gasteiger partial charge in [-0.25, -0.2) is 9.59 Å². The van der Waals surface area contributed by atoms with E-state index in [0.717, 1.165) is 25.8 Å². The SMILES string of the molecule is CCCNC(=O)N1CCC(N2CCOC2=O)CC1. The van der Waals surface area contributed by atoms with Crippen LogP contribution in [0.1, 0.15) is 26.2 Å². The number of nitrogens with zero attached hydrogens (tertiary/aromatic N) is 2. The first-order valence-corrected chi connectivity index (χ1v) is 6.68. The molecule has 0 atom stereocenters. The predicted octanol–water partition coefficient (Wildman–Crippen LogP) is 1.02. The van der Waals surface area contributed by atoms with Gasteiger partial charge in [-0.1, -0.05) is 6.92 Å². The number of amides is 3. The topological polar surface area (TPSA) is 61.9 Å². The van der Waals surface area contributed by atoms with E-state index in [2.05, 4.69) is 5.32 Å². The van der Waals surface area contributed by atoms with Crippen LogP contribution >= 0.6 is 0 Å². The normalized spacial score (nSPS) is 21.1. The van der Waals surface area contributed by atoms with E-state index in [-0.39, 0.29) is 18.2 Å². The lowest BCUT2D eigenvalue weighted by Gasteiger charge is -2.35. The smallest absolute Gasteiger partial charge is 0.410 e. The summed E-state index contributed by atoms with van der Waals surface area (Å²) in [6.45, 7) is 5.36. The van der Waals surface area contributed by atoms with Crippen LogP contribution in [0, 0.1) is 0 Å². The Bertz CT molecular complexity index is 314. The van der Waals surface area contributed by atoms with Crippen molar-refractivity contribution in [3.8, 4) is 0 Å². The number of rotatable bonds is 3. The molecule has 0 bridgehead atoms. The van der Waals surface area contributed by atoms with E-state index < -0.39 is 0 Å². The largest absolute Gasteiger partial charge is 0.448 e. The predicted molar refractivity (Wildman–Crippen MR) is 66.3 cm³/mol. The van der Waals surface area contributed by atoms with Crippen molar-refractivity contribution in [2.75, 3.05) is 32.8 Å². The highest BCUT2D eigenvalue weighted by Crippen LogP contribution is 2.19. The number of carbonyl (C=O) groups is 2. The Hall–Kier alpha value is -1.46. The van der Waals surface area contributed by atoms with Crippen molar-refractivity contribution in [3.05, 3.63) is 0 Å². The van der Waals surface area contributed by atoms with Crippen molar-refractivity contribution < 1.29 is 14.3 Å². The monoisotopic (exact) mass is 255 g/mol. The van der Waals surface area contributed by atoms with Gasteiger partial charge in [0.15, 0.2) is 0 Å². The van der Waals surface area contributed by atoms with Gasteiger partial charge in [-0.05, 0) is 19.3 Å². The number of nitrogens with one attached hydrogen (secondary N) is 1. The lowest BCUT2D eigenvalue weighted by atomic mass is 10.0. The maximum atomic E-state index is 11.8. The number of hydrogen-bond donors (Lipinski definition) is 1. The Kier molecular flexibility index (Phi) is 4.28. The molecule has 0 aromatic rings. The number of likely N-dealkylation sites (tertiary alicyclic amines) is 1. The van der Waals surface area contributed by atoms with Crippen molar-refractivity contribution in [2.24, 2.45) is 0 Å². The van der Waals surface area contributed by atoms with Crippen LogP contribution in [0.3, 0.4) is 0 Å². The molecule has 3 amide bonds. The van der Waals surface area contributed by atoms with Crippen molar-refractivity contribution >= 4 is 12.1 Å². The highest BCUT2D eigenvalue weighted by molar-refractivity contribution is 5.74. The van der Waals surface area contributed by atoms with Crippen molar-refractivity contribution in [1.29, 1.82) is 0 Å². The summed E-state index contributed by atoms with van der Waals surface area (Å²) in [4.78, 5) is 26.8. The summed E-state index contributed by atoms with van der Waals surface area (Å²) in [6, 6.07) is 0.245. The third-order valence-corrected chi connectivity index (χ3v) is 3.51. The first-order valence-electron chi connectivity index (χ1n) is 6.68. The lowest BCUT2D eigenvalue weighted by Crippen LogP contribution is -2.49. The van der Waals surface area contributed by atoms with Gasteiger partial charge in [-0.2, -0.15) is 0 Å². The fraction of sp³-hybridized carbons (Fsp3) is 0.833. The van der Waals surface area contributed by atoms with E-state index in [0.29, 0.717) is 26.2 Å². The molecule has 0 unspecified atom stereocenters. The van der Waals surface area contributed by atoms with E-state index in [1.165, 1.54) is 0 Å². The van der Waals surface area contributed by atoms with Crippen LogP contribution in [0.5, 0.6) is 0 Å². The second-order valence-electron chi connectivity index (χ2n) is 4.76.